The van der Waals surface area contributed by atoms with E-state index in [1.807, 2.05) is 11.6 Å². The maximum Gasteiger partial charge on any atom is 0.303 e. The van der Waals surface area contributed by atoms with Crippen molar-refractivity contribution in [2.75, 3.05) is 13.6 Å². The number of nitrogens with zero attached hydrogens (tertiary/aromatic N) is 1. The first-order valence-corrected chi connectivity index (χ1v) is 7.58. The topological polar surface area (TPSA) is 66.5 Å². The van der Waals surface area contributed by atoms with Crippen molar-refractivity contribution in [2.45, 2.75) is 20.3 Å². The average Bonchev–Trinajstić information content (AvgIpc) is 2.64. The van der Waals surface area contributed by atoms with Crippen LogP contribution in [0.1, 0.15) is 29.3 Å². The summed E-state index contributed by atoms with van der Waals surface area (Å²) in [6.45, 7) is 4.02. The van der Waals surface area contributed by atoms with Gasteiger partial charge in [-0.2, -0.15) is 24.1 Å². The molecule has 5 nitrogen and oxygen atoms in total. The van der Waals surface area contributed by atoms with Gasteiger partial charge in [0.1, 0.15) is 0 Å². The minimum absolute atomic E-state index is 0.380. The van der Waals surface area contributed by atoms with Crippen molar-refractivity contribution in [1.82, 2.24) is 9.03 Å². The van der Waals surface area contributed by atoms with E-state index in [2.05, 4.69) is 0 Å². The van der Waals surface area contributed by atoms with E-state index in [0.29, 0.717) is 18.5 Å². The van der Waals surface area contributed by atoms with Crippen LogP contribution < -0.4 is 4.72 Å². The molecule has 96 valence electrons. The van der Waals surface area contributed by atoms with Crippen LogP contribution >= 0.6 is 11.3 Å². The molecule has 0 saturated carbocycles. The van der Waals surface area contributed by atoms with Gasteiger partial charge in [0.05, 0.1) is 5.56 Å². The van der Waals surface area contributed by atoms with Crippen molar-refractivity contribution < 1.29 is 13.2 Å². The maximum atomic E-state index is 11.7. The summed E-state index contributed by atoms with van der Waals surface area (Å²) in [7, 11) is -2.28. The molecule has 1 heterocycles. The Morgan fingerprint density at radius 2 is 2.12 bits per heavy atom. The van der Waals surface area contributed by atoms with Crippen LogP contribution in [0.25, 0.3) is 0 Å². The maximum absolute atomic E-state index is 11.7. The number of amides is 1. The van der Waals surface area contributed by atoms with E-state index in [1.54, 1.807) is 17.7 Å². The molecule has 0 bridgehead atoms. The summed E-state index contributed by atoms with van der Waals surface area (Å²) >= 11 is 1.37. The summed E-state index contributed by atoms with van der Waals surface area (Å²) in [5.41, 5.74) is 1.18. The monoisotopic (exact) mass is 276 g/mol. The zero-order valence-corrected chi connectivity index (χ0v) is 11.7. The van der Waals surface area contributed by atoms with Crippen molar-refractivity contribution in [3.8, 4) is 0 Å². The van der Waals surface area contributed by atoms with Crippen LogP contribution in [0.4, 0.5) is 0 Å². The van der Waals surface area contributed by atoms with E-state index in [9.17, 15) is 13.2 Å². The molecule has 0 aliphatic heterocycles. The molecular weight excluding hydrogens is 260 g/mol. The van der Waals surface area contributed by atoms with Crippen molar-refractivity contribution in [3.05, 3.63) is 21.9 Å². The third-order valence-corrected chi connectivity index (χ3v) is 4.58. The second-order valence-electron chi connectivity index (χ2n) is 3.73. The number of hydrogen-bond acceptors (Lipinski definition) is 4. The fraction of sp³-hybridized carbons (Fsp3) is 0.500. The molecule has 0 aliphatic rings. The molecule has 0 saturated heterocycles. The summed E-state index contributed by atoms with van der Waals surface area (Å²) in [5, 5.41) is 3.44. The molecule has 1 rings (SSSR count). The lowest BCUT2D eigenvalue weighted by atomic mass is 10.2. The van der Waals surface area contributed by atoms with Gasteiger partial charge in [0.2, 0.25) is 0 Å². The molecule has 0 fully saturated rings. The third kappa shape index (κ3) is 3.52. The van der Waals surface area contributed by atoms with E-state index in [0.717, 1.165) is 9.87 Å². The summed E-state index contributed by atoms with van der Waals surface area (Å²) in [6, 6.07) is 0. The Kier molecular flexibility index (Phi) is 4.67. The quantitative estimate of drug-likeness (QED) is 0.883. The average molecular weight is 276 g/mol. The van der Waals surface area contributed by atoms with Gasteiger partial charge in [0.25, 0.3) is 5.91 Å². The lowest BCUT2D eigenvalue weighted by Crippen LogP contribution is -2.41. The number of rotatable bonds is 5. The van der Waals surface area contributed by atoms with Crippen LogP contribution in [0.5, 0.6) is 0 Å². The number of hydrogen-bond donors (Lipinski definition) is 1. The molecule has 0 unspecified atom stereocenters. The summed E-state index contributed by atoms with van der Waals surface area (Å²) in [5.74, 6) is -0.577. The lowest BCUT2D eigenvalue weighted by molar-refractivity contribution is 0.0979. The Balaban J connectivity index is 2.79. The second-order valence-corrected chi connectivity index (χ2v) is 6.25. The second kappa shape index (κ2) is 5.61. The molecule has 0 radical (unpaired) electrons. The molecule has 0 aliphatic carbocycles. The number of nitrogens with one attached hydrogen (secondary N) is 1. The van der Waals surface area contributed by atoms with Crippen LogP contribution in [-0.2, 0) is 10.2 Å². The summed E-state index contributed by atoms with van der Waals surface area (Å²) < 4.78 is 26.7. The van der Waals surface area contributed by atoms with Gasteiger partial charge in [0, 0.05) is 19.0 Å². The number of thiophene rings is 1. The van der Waals surface area contributed by atoms with Crippen molar-refractivity contribution in [3.63, 3.8) is 0 Å². The Bertz CT molecular complexity index is 493. The molecule has 1 aromatic rings. The minimum atomic E-state index is -3.73. The Morgan fingerprint density at radius 1 is 1.47 bits per heavy atom. The fourth-order valence-electron chi connectivity index (χ4n) is 1.28. The predicted octanol–water partition coefficient (Wildman–Crippen LogP) is 1.37. The minimum Gasteiger partial charge on any atom is -0.268 e. The molecule has 1 amide bonds. The van der Waals surface area contributed by atoms with E-state index in [-0.39, 0.29) is 0 Å². The number of carbonyl (C=O) groups is 1. The van der Waals surface area contributed by atoms with Crippen molar-refractivity contribution in [1.29, 1.82) is 0 Å². The highest BCUT2D eigenvalue weighted by Gasteiger charge is 2.21. The molecule has 0 atom stereocenters. The van der Waals surface area contributed by atoms with Gasteiger partial charge in [-0.05, 0) is 24.3 Å². The van der Waals surface area contributed by atoms with E-state index >= 15 is 0 Å². The summed E-state index contributed by atoms with van der Waals surface area (Å²) in [6.07, 6.45) is 0.697. The van der Waals surface area contributed by atoms with Crippen molar-refractivity contribution in [2.24, 2.45) is 0 Å². The van der Waals surface area contributed by atoms with Gasteiger partial charge in [-0.15, -0.1) is 0 Å². The van der Waals surface area contributed by atoms with Crippen LogP contribution in [0.2, 0.25) is 0 Å². The Morgan fingerprint density at radius 3 is 2.59 bits per heavy atom. The van der Waals surface area contributed by atoms with Gasteiger partial charge in [0.15, 0.2) is 0 Å². The zero-order valence-electron chi connectivity index (χ0n) is 10.1. The number of carbonyl (C=O) groups excluding carboxylic acids is 1. The van der Waals surface area contributed by atoms with Crippen LogP contribution in [-0.4, -0.2) is 32.2 Å². The molecule has 0 aromatic carbocycles. The van der Waals surface area contributed by atoms with E-state index < -0.39 is 16.1 Å². The largest absolute Gasteiger partial charge is 0.303 e. The van der Waals surface area contributed by atoms with Crippen molar-refractivity contribution >= 4 is 27.5 Å². The summed E-state index contributed by atoms with van der Waals surface area (Å²) in [4.78, 5) is 11.7. The first-order valence-electron chi connectivity index (χ1n) is 5.19. The van der Waals surface area contributed by atoms with Gasteiger partial charge < -0.3 is 0 Å². The van der Waals surface area contributed by atoms with Gasteiger partial charge in [-0.25, -0.2) is 4.72 Å². The highest BCUT2D eigenvalue weighted by atomic mass is 32.2. The highest BCUT2D eigenvalue weighted by Crippen LogP contribution is 2.13. The van der Waals surface area contributed by atoms with E-state index in [4.69, 9.17) is 0 Å². The molecule has 7 heteroatoms. The standard InChI is InChI=1S/C10H16N2O3S2/c1-4-5-12(3)17(14,15)11-10(13)9-7-16-6-8(9)2/h6-7H,4-5H2,1-3H3,(H,11,13). The zero-order chi connectivity index (χ0) is 13.1. The van der Waals surface area contributed by atoms with Crippen LogP contribution in [0, 0.1) is 6.92 Å². The van der Waals surface area contributed by atoms with E-state index in [1.165, 1.54) is 18.4 Å². The van der Waals surface area contributed by atoms with Gasteiger partial charge in [-0.1, -0.05) is 6.92 Å². The third-order valence-electron chi connectivity index (χ3n) is 2.27. The first-order chi connectivity index (χ1) is 7.88. The Hall–Kier alpha value is -0.920. The highest BCUT2D eigenvalue weighted by molar-refractivity contribution is 7.87. The van der Waals surface area contributed by atoms with Gasteiger partial charge in [-0.3, -0.25) is 4.79 Å². The lowest BCUT2D eigenvalue weighted by Gasteiger charge is -2.16. The Labute approximate surface area is 106 Å². The SMILES string of the molecule is CCCN(C)S(=O)(=O)NC(=O)c1cscc1C. The molecule has 17 heavy (non-hydrogen) atoms. The molecule has 1 aromatic heterocycles. The van der Waals surface area contributed by atoms with Crippen LogP contribution in [0.3, 0.4) is 0 Å². The molecule has 1 N–H and O–H groups in total. The molecular formula is C10H16N2O3S2. The normalized spacial score (nSPS) is 11.8. The predicted molar refractivity (Wildman–Crippen MR) is 68.4 cm³/mol. The fourth-order valence-corrected chi connectivity index (χ4v) is 3.03. The molecule has 0 spiro atoms. The van der Waals surface area contributed by atoms with Gasteiger partial charge >= 0.3 is 10.2 Å². The van der Waals surface area contributed by atoms with Crippen LogP contribution in [0.15, 0.2) is 10.8 Å². The first kappa shape index (κ1) is 14.1. The smallest absolute Gasteiger partial charge is 0.268 e. The number of aryl methyl sites for hydroxylation is 1.